The molecule has 0 fully saturated rings. The van der Waals surface area contributed by atoms with Crippen LogP contribution in [0.1, 0.15) is 62.6 Å². The average molecular weight is 287 g/mol. The van der Waals surface area contributed by atoms with Crippen molar-refractivity contribution in [2.24, 2.45) is 5.10 Å². The van der Waals surface area contributed by atoms with Crippen LogP contribution in [0.4, 0.5) is 0 Å². The number of benzene rings is 1. The van der Waals surface area contributed by atoms with Crippen molar-refractivity contribution in [2.75, 3.05) is 0 Å². The molecule has 5 heteroatoms. The van der Waals surface area contributed by atoms with Gasteiger partial charge in [0.05, 0.1) is 12.3 Å². The number of phenolic OH excluding ortho intramolecular Hbond substituents is 1. The van der Waals surface area contributed by atoms with E-state index in [0.717, 1.165) is 16.7 Å². The van der Waals surface area contributed by atoms with E-state index in [9.17, 15) is 9.90 Å². The summed E-state index contributed by atoms with van der Waals surface area (Å²) in [4.78, 5) is 11.2. The number of carbonyl (C=O) groups is 1. The van der Waals surface area contributed by atoms with Gasteiger partial charge in [0.15, 0.2) is 0 Å². The number of nitrogens with one attached hydrogen (secondary N) is 1. The molecule has 0 unspecified atom stereocenters. The molecule has 1 aromatic carbocycles. The molecular formula is C16H21N3O2. The first-order valence-electron chi connectivity index (χ1n) is 6.92. The van der Waals surface area contributed by atoms with Crippen molar-refractivity contribution < 1.29 is 9.90 Å². The van der Waals surface area contributed by atoms with E-state index >= 15 is 0 Å². The maximum atomic E-state index is 11.2. The number of hydrazone groups is 1. The Hall–Kier alpha value is -2.35. The van der Waals surface area contributed by atoms with E-state index in [-0.39, 0.29) is 18.3 Å². The van der Waals surface area contributed by atoms with Gasteiger partial charge in [0.1, 0.15) is 12.2 Å². The van der Waals surface area contributed by atoms with Gasteiger partial charge in [-0.1, -0.05) is 27.7 Å². The smallest absolute Gasteiger partial charge is 0.254 e. The van der Waals surface area contributed by atoms with E-state index in [2.05, 4.69) is 10.5 Å². The number of rotatable bonds is 5. The van der Waals surface area contributed by atoms with E-state index in [1.807, 2.05) is 39.8 Å². The Kier molecular flexibility index (Phi) is 5.92. The molecule has 0 heterocycles. The zero-order valence-corrected chi connectivity index (χ0v) is 12.8. The first-order chi connectivity index (χ1) is 9.86. The van der Waals surface area contributed by atoms with Crippen molar-refractivity contribution in [3.63, 3.8) is 0 Å². The summed E-state index contributed by atoms with van der Waals surface area (Å²) < 4.78 is 0. The number of phenols is 1. The van der Waals surface area contributed by atoms with Gasteiger partial charge in [-0.25, -0.2) is 5.43 Å². The van der Waals surface area contributed by atoms with Gasteiger partial charge in [-0.15, -0.1) is 0 Å². The van der Waals surface area contributed by atoms with Gasteiger partial charge in [-0.2, -0.15) is 10.4 Å². The van der Waals surface area contributed by atoms with Crippen LogP contribution < -0.4 is 5.43 Å². The van der Waals surface area contributed by atoms with Crippen molar-refractivity contribution in [1.82, 2.24) is 5.43 Å². The van der Waals surface area contributed by atoms with Crippen molar-refractivity contribution in [2.45, 2.75) is 46.0 Å². The topological polar surface area (TPSA) is 85.5 Å². The number of hydrogen-bond donors (Lipinski definition) is 2. The summed E-state index contributed by atoms with van der Waals surface area (Å²) >= 11 is 0. The standard InChI is InChI=1S/C16H21N3O2/c1-10(2)13-7-12(8-14(11(3)4)16(13)21)9-18-19-15(20)5-6-17/h7-11,21H,5H2,1-4H3,(H,19,20)/b18-9-. The number of nitrogens with zero attached hydrogens (tertiary/aromatic N) is 2. The van der Waals surface area contributed by atoms with Crippen molar-refractivity contribution in [3.8, 4) is 11.8 Å². The highest BCUT2D eigenvalue weighted by molar-refractivity contribution is 5.84. The SMILES string of the molecule is CC(C)c1cc(/C=N\NC(=O)CC#N)cc(C(C)C)c1O. The van der Waals surface area contributed by atoms with E-state index < -0.39 is 5.91 Å². The Morgan fingerprint density at radius 3 is 2.29 bits per heavy atom. The van der Waals surface area contributed by atoms with Crippen LogP contribution in [0.25, 0.3) is 0 Å². The fraction of sp³-hybridized carbons (Fsp3) is 0.438. The summed E-state index contributed by atoms with van der Waals surface area (Å²) in [7, 11) is 0. The largest absolute Gasteiger partial charge is 0.507 e. The van der Waals surface area contributed by atoms with E-state index in [0.29, 0.717) is 5.75 Å². The second kappa shape index (κ2) is 7.44. The maximum absolute atomic E-state index is 11.2. The van der Waals surface area contributed by atoms with Crippen molar-refractivity contribution in [3.05, 3.63) is 28.8 Å². The van der Waals surface area contributed by atoms with Crippen LogP contribution in [-0.4, -0.2) is 17.2 Å². The van der Waals surface area contributed by atoms with E-state index in [1.165, 1.54) is 6.21 Å². The minimum atomic E-state index is -0.444. The van der Waals surface area contributed by atoms with Crippen molar-refractivity contribution in [1.29, 1.82) is 5.26 Å². The fourth-order valence-electron chi connectivity index (χ4n) is 1.95. The Bertz CT molecular complexity index is 555. The third kappa shape index (κ3) is 4.60. The third-order valence-electron chi connectivity index (χ3n) is 3.08. The van der Waals surface area contributed by atoms with Gasteiger partial charge in [-0.05, 0) is 40.7 Å². The summed E-state index contributed by atoms with van der Waals surface area (Å²) in [5.74, 6) is 0.249. The second-order valence-electron chi connectivity index (χ2n) is 5.49. The lowest BCUT2D eigenvalue weighted by molar-refractivity contribution is -0.120. The first kappa shape index (κ1) is 16.7. The Labute approximate surface area is 125 Å². The molecule has 0 aromatic heterocycles. The molecule has 0 spiro atoms. The Morgan fingerprint density at radius 2 is 1.86 bits per heavy atom. The highest BCUT2D eigenvalue weighted by Gasteiger charge is 2.14. The fourth-order valence-corrected chi connectivity index (χ4v) is 1.95. The molecular weight excluding hydrogens is 266 g/mol. The van der Waals surface area contributed by atoms with Gasteiger partial charge < -0.3 is 5.11 Å². The molecule has 1 aromatic rings. The summed E-state index contributed by atoms with van der Waals surface area (Å²) in [6.45, 7) is 8.03. The predicted octanol–water partition coefficient (Wildman–Crippen LogP) is 3.00. The lowest BCUT2D eigenvalue weighted by Crippen LogP contribution is -2.16. The second-order valence-corrected chi connectivity index (χ2v) is 5.49. The molecule has 0 bridgehead atoms. The molecule has 0 aliphatic heterocycles. The van der Waals surface area contributed by atoms with Gasteiger partial charge in [0, 0.05) is 0 Å². The summed E-state index contributed by atoms with van der Waals surface area (Å²) in [5.41, 5.74) is 4.80. The van der Waals surface area contributed by atoms with Crippen LogP contribution in [-0.2, 0) is 4.79 Å². The summed E-state index contributed by atoms with van der Waals surface area (Å²) in [5, 5.41) is 22.5. The quantitative estimate of drug-likeness (QED) is 0.644. The lowest BCUT2D eigenvalue weighted by atomic mass is 9.92. The van der Waals surface area contributed by atoms with Crippen LogP contribution in [0.3, 0.4) is 0 Å². The summed E-state index contributed by atoms with van der Waals surface area (Å²) in [6.07, 6.45) is 1.30. The number of aromatic hydroxyl groups is 1. The molecule has 0 saturated carbocycles. The predicted molar refractivity (Wildman–Crippen MR) is 82.3 cm³/mol. The zero-order valence-electron chi connectivity index (χ0n) is 12.8. The number of carbonyl (C=O) groups excluding carboxylic acids is 1. The van der Waals surface area contributed by atoms with Crippen LogP contribution in [0.2, 0.25) is 0 Å². The number of hydrogen-bond acceptors (Lipinski definition) is 4. The molecule has 1 amide bonds. The minimum Gasteiger partial charge on any atom is -0.507 e. The molecule has 1 rings (SSSR count). The molecule has 112 valence electrons. The Morgan fingerprint density at radius 1 is 1.33 bits per heavy atom. The van der Waals surface area contributed by atoms with Crippen LogP contribution in [0.15, 0.2) is 17.2 Å². The molecule has 0 radical (unpaired) electrons. The molecule has 5 nitrogen and oxygen atoms in total. The normalized spacial score (nSPS) is 11.1. The van der Waals surface area contributed by atoms with Gasteiger partial charge in [0.2, 0.25) is 0 Å². The number of amides is 1. The van der Waals surface area contributed by atoms with Gasteiger partial charge in [0.25, 0.3) is 5.91 Å². The van der Waals surface area contributed by atoms with E-state index in [4.69, 9.17) is 5.26 Å². The third-order valence-corrected chi connectivity index (χ3v) is 3.08. The molecule has 0 atom stereocenters. The van der Waals surface area contributed by atoms with Crippen LogP contribution in [0.5, 0.6) is 5.75 Å². The Balaban J connectivity index is 3.05. The highest BCUT2D eigenvalue weighted by Crippen LogP contribution is 2.34. The minimum absolute atomic E-state index is 0.184. The highest BCUT2D eigenvalue weighted by atomic mass is 16.3. The monoisotopic (exact) mass is 287 g/mol. The zero-order chi connectivity index (χ0) is 16.0. The molecule has 0 aliphatic rings. The van der Waals surface area contributed by atoms with Crippen molar-refractivity contribution >= 4 is 12.1 Å². The lowest BCUT2D eigenvalue weighted by Gasteiger charge is -2.16. The number of nitriles is 1. The molecule has 0 aliphatic carbocycles. The average Bonchev–Trinajstić information content (AvgIpc) is 2.39. The molecule has 0 saturated heterocycles. The van der Waals surface area contributed by atoms with Gasteiger partial charge >= 0.3 is 0 Å². The molecule has 2 N–H and O–H groups in total. The van der Waals surface area contributed by atoms with Gasteiger partial charge in [-0.3, -0.25) is 4.79 Å². The van der Waals surface area contributed by atoms with Crippen LogP contribution >= 0.6 is 0 Å². The van der Waals surface area contributed by atoms with Crippen LogP contribution in [0, 0.1) is 11.3 Å². The first-order valence-corrected chi connectivity index (χ1v) is 6.92. The summed E-state index contributed by atoms with van der Waals surface area (Å²) in [6, 6.07) is 5.46. The molecule has 21 heavy (non-hydrogen) atoms. The maximum Gasteiger partial charge on any atom is 0.254 e. The van der Waals surface area contributed by atoms with E-state index in [1.54, 1.807) is 6.07 Å².